The summed E-state index contributed by atoms with van der Waals surface area (Å²) in [5.74, 6) is -1.34. The number of carbonyl (C=O) groups is 2. The normalized spacial score (nSPS) is 20.2. The van der Waals surface area contributed by atoms with Crippen molar-refractivity contribution >= 4 is 34.6 Å². The van der Waals surface area contributed by atoms with Crippen LogP contribution < -0.4 is 0 Å². The van der Waals surface area contributed by atoms with Gasteiger partial charge in [0.15, 0.2) is 5.76 Å². The molecule has 8 heteroatoms. The number of morpholine rings is 1. The molecule has 4 rings (SSSR count). The minimum Gasteiger partial charge on any atom is -0.503 e. The topological polar surface area (TPSA) is 70.1 Å². The van der Waals surface area contributed by atoms with Crippen molar-refractivity contribution < 1.29 is 19.4 Å². The van der Waals surface area contributed by atoms with Gasteiger partial charge < -0.3 is 14.7 Å². The highest BCUT2D eigenvalue weighted by Gasteiger charge is 2.44. The zero-order chi connectivity index (χ0) is 21.1. The minimum absolute atomic E-state index is 0.0990. The van der Waals surface area contributed by atoms with Gasteiger partial charge in [0, 0.05) is 31.2 Å². The van der Waals surface area contributed by atoms with Crippen LogP contribution in [0.5, 0.6) is 0 Å². The van der Waals surface area contributed by atoms with Crippen molar-refractivity contribution in [1.82, 2.24) is 9.80 Å². The van der Waals surface area contributed by atoms with Crippen LogP contribution in [0.3, 0.4) is 0 Å². The van der Waals surface area contributed by atoms with Crippen LogP contribution in [0.1, 0.15) is 27.7 Å². The van der Waals surface area contributed by atoms with Crippen molar-refractivity contribution in [1.29, 1.82) is 0 Å². The zero-order valence-electron chi connectivity index (χ0n) is 16.4. The number of rotatable bonds is 7. The van der Waals surface area contributed by atoms with E-state index >= 15 is 0 Å². The number of benzene rings is 1. The molecule has 0 spiro atoms. The predicted molar refractivity (Wildman–Crippen MR) is 116 cm³/mol. The number of carbonyl (C=O) groups excluding carboxylic acids is 2. The number of ketones is 1. The summed E-state index contributed by atoms with van der Waals surface area (Å²) >= 11 is 7.73. The van der Waals surface area contributed by atoms with Gasteiger partial charge in [-0.25, -0.2) is 0 Å². The Morgan fingerprint density at radius 3 is 2.63 bits per heavy atom. The SMILES string of the molecule is O=C(C1=C(O)C(=O)N(CCCN2CCOCC2)[C@H]1c1ccccc1Cl)c1cccs1. The van der Waals surface area contributed by atoms with Crippen molar-refractivity contribution in [2.45, 2.75) is 12.5 Å². The molecule has 1 amide bonds. The highest BCUT2D eigenvalue weighted by molar-refractivity contribution is 7.12. The minimum atomic E-state index is -0.703. The Labute approximate surface area is 184 Å². The number of Topliss-reactive ketones (excluding diaryl/α,β-unsaturated/α-hetero) is 1. The van der Waals surface area contributed by atoms with Crippen LogP contribution in [0, 0.1) is 0 Å². The van der Waals surface area contributed by atoms with Gasteiger partial charge in [-0.15, -0.1) is 11.3 Å². The highest BCUT2D eigenvalue weighted by atomic mass is 35.5. The summed E-state index contributed by atoms with van der Waals surface area (Å²) in [5, 5.41) is 12.9. The summed E-state index contributed by atoms with van der Waals surface area (Å²) in [6.07, 6.45) is 0.723. The van der Waals surface area contributed by atoms with Crippen LogP contribution >= 0.6 is 22.9 Å². The van der Waals surface area contributed by atoms with Crippen molar-refractivity contribution in [3.63, 3.8) is 0 Å². The summed E-state index contributed by atoms with van der Waals surface area (Å²) in [4.78, 5) is 30.5. The second-order valence-corrected chi connectivity index (χ2v) is 8.65. The smallest absolute Gasteiger partial charge is 0.290 e. The van der Waals surface area contributed by atoms with Gasteiger partial charge >= 0.3 is 0 Å². The average molecular weight is 447 g/mol. The third-order valence-electron chi connectivity index (χ3n) is 5.47. The van der Waals surface area contributed by atoms with Crippen molar-refractivity contribution in [3.05, 3.63) is 68.6 Å². The van der Waals surface area contributed by atoms with E-state index in [2.05, 4.69) is 4.90 Å². The fourth-order valence-corrected chi connectivity index (χ4v) is 4.88. The van der Waals surface area contributed by atoms with Crippen molar-refractivity contribution in [3.8, 4) is 0 Å². The first kappa shape index (κ1) is 21.1. The Morgan fingerprint density at radius 1 is 1.17 bits per heavy atom. The molecule has 0 bridgehead atoms. The van der Waals surface area contributed by atoms with Crippen LogP contribution in [0.15, 0.2) is 53.1 Å². The lowest BCUT2D eigenvalue weighted by Gasteiger charge is -2.30. The first-order valence-corrected chi connectivity index (χ1v) is 11.2. The van der Waals surface area contributed by atoms with Crippen molar-refractivity contribution in [2.75, 3.05) is 39.4 Å². The van der Waals surface area contributed by atoms with Gasteiger partial charge in [-0.1, -0.05) is 35.9 Å². The lowest BCUT2D eigenvalue weighted by atomic mass is 9.95. The standard InChI is InChI=1S/C22H23ClN2O4S/c23-16-6-2-1-5-15(16)19-18(20(26)17-7-3-14-30-17)21(27)22(28)25(19)9-4-8-24-10-12-29-13-11-24/h1-3,5-7,14,19,27H,4,8-13H2/t19-/m0/s1. The Hall–Kier alpha value is -2.19. The molecule has 1 saturated heterocycles. The van der Waals surface area contributed by atoms with Crippen LogP contribution in [0.2, 0.25) is 5.02 Å². The molecule has 1 aromatic carbocycles. The fourth-order valence-electron chi connectivity index (χ4n) is 3.97. The molecule has 3 heterocycles. The number of nitrogens with zero attached hydrogens (tertiary/aromatic N) is 2. The Balaban J connectivity index is 1.61. The van der Waals surface area contributed by atoms with Crippen LogP contribution in [0.4, 0.5) is 0 Å². The third-order valence-corrected chi connectivity index (χ3v) is 6.68. The molecule has 6 nitrogen and oxygen atoms in total. The van der Waals surface area contributed by atoms with E-state index in [1.165, 1.54) is 11.3 Å². The quantitative estimate of drug-likeness (QED) is 0.656. The molecule has 158 valence electrons. The van der Waals surface area contributed by atoms with Gasteiger partial charge in [-0.2, -0.15) is 0 Å². The van der Waals surface area contributed by atoms with E-state index < -0.39 is 17.7 Å². The molecule has 1 aromatic heterocycles. The lowest BCUT2D eigenvalue weighted by Crippen LogP contribution is -2.39. The van der Waals surface area contributed by atoms with Gasteiger partial charge in [0.1, 0.15) is 0 Å². The molecular formula is C22H23ClN2O4S. The largest absolute Gasteiger partial charge is 0.503 e. The maximum atomic E-state index is 13.2. The Morgan fingerprint density at radius 2 is 1.93 bits per heavy atom. The number of ether oxygens (including phenoxy) is 1. The van der Waals surface area contributed by atoms with Gasteiger partial charge in [0.2, 0.25) is 5.78 Å². The second kappa shape index (κ2) is 9.31. The van der Waals surface area contributed by atoms with Crippen LogP contribution in [0.25, 0.3) is 0 Å². The van der Waals surface area contributed by atoms with E-state index in [-0.39, 0.29) is 11.4 Å². The molecule has 1 N–H and O–H groups in total. The summed E-state index contributed by atoms with van der Waals surface area (Å²) < 4.78 is 5.38. The van der Waals surface area contributed by atoms with E-state index in [9.17, 15) is 14.7 Å². The van der Waals surface area contributed by atoms with E-state index in [0.717, 1.165) is 26.1 Å². The number of aliphatic hydroxyl groups is 1. The number of halogens is 1. The molecule has 0 aliphatic carbocycles. The van der Waals surface area contributed by atoms with Crippen molar-refractivity contribution in [2.24, 2.45) is 0 Å². The maximum absolute atomic E-state index is 13.2. The predicted octanol–water partition coefficient (Wildman–Crippen LogP) is 3.70. The first-order chi connectivity index (χ1) is 14.6. The Bertz CT molecular complexity index is 954. The van der Waals surface area contributed by atoms with E-state index in [0.29, 0.717) is 35.2 Å². The number of hydrogen-bond acceptors (Lipinski definition) is 6. The van der Waals surface area contributed by atoms with E-state index in [1.807, 2.05) is 6.07 Å². The second-order valence-electron chi connectivity index (χ2n) is 7.30. The molecule has 0 radical (unpaired) electrons. The number of hydrogen-bond donors (Lipinski definition) is 1. The van der Waals surface area contributed by atoms with Gasteiger partial charge in [-0.3, -0.25) is 14.5 Å². The van der Waals surface area contributed by atoms with Crippen LogP contribution in [-0.4, -0.2) is 66.0 Å². The summed E-state index contributed by atoms with van der Waals surface area (Å²) in [5.41, 5.74) is 0.741. The Kier molecular flexibility index (Phi) is 6.53. The van der Waals surface area contributed by atoms with E-state index in [1.54, 1.807) is 40.6 Å². The summed E-state index contributed by atoms with van der Waals surface area (Å²) in [6.45, 7) is 4.40. The maximum Gasteiger partial charge on any atom is 0.290 e. The molecule has 2 aromatic rings. The number of amides is 1. The molecule has 2 aliphatic heterocycles. The van der Waals surface area contributed by atoms with Crippen LogP contribution in [-0.2, 0) is 9.53 Å². The highest BCUT2D eigenvalue weighted by Crippen LogP contribution is 2.41. The third kappa shape index (κ3) is 4.16. The number of aliphatic hydroxyl groups excluding tert-OH is 1. The molecule has 0 saturated carbocycles. The van der Waals surface area contributed by atoms with Gasteiger partial charge in [0.05, 0.1) is 29.7 Å². The molecule has 30 heavy (non-hydrogen) atoms. The van der Waals surface area contributed by atoms with E-state index in [4.69, 9.17) is 16.3 Å². The summed E-state index contributed by atoms with van der Waals surface area (Å²) in [7, 11) is 0. The van der Waals surface area contributed by atoms with Gasteiger partial charge in [0.25, 0.3) is 5.91 Å². The molecule has 1 fully saturated rings. The zero-order valence-corrected chi connectivity index (χ0v) is 18.0. The molecule has 1 atom stereocenters. The molecular weight excluding hydrogens is 424 g/mol. The lowest BCUT2D eigenvalue weighted by molar-refractivity contribution is -0.129. The first-order valence-electron chi connectivity index (χ1n) is 9.94. The fraction of sp³-hybridized carbons (Fsp3) is 0.364. The summed E-state index contributed by atoms with van der Waals surface area (Å²) in [6, 6.07) is 9.92. The average Bonchev–Trinajstić information content (AvgIpc) is 3.38. The molecule has 0 unspecified atom stereocenters. The van der Waals surface area contributed by atoms with Gasteiger partial charge in [-0.05, 0) is 29.5 Å². The monoisotopic (exact) mass is 446 g/mol. The number of thiophene rings is 1. The molecule has 2 aliphatic rings.